The van der Waals surface area contributed by atoms with Crippen molar-refractivity contribution in [1.29, 1.82) is 0 Å². The fourth-order valence-corrected chi connectivity index (χ4v) is 0.333. The smallest absolute Gasteiger partial charge is 1.00 e. The maximum atomic E-state index is 3.56. The fraction of sp³-hybridized carbons (Fsp3) is 0. The molecule has 0 aliphatic heterocycles. The second kappa shape index (κ2) is 14.0. The quantitative estimate of drug-likeness (QED) is 0.474. The summed E-state index contributed by atoms with van der Waals surface area (Å²) in [6.45, 7) is 0. The number of aromatic amines is 2. The van der Waals surface area contributed by atoms with E-state index in [1.807, 2.05) is 0 Å². The van der Waals surface area contributed by atoms with Gasteiger partial charge >= 0.3 is 19.5 Å². The first kappa shape index (κ1) is 18.3. The molecule has 1 radical (unpaired) electrons. The predicted octanol–water partition coefficient (Wildman–Crippen LogP) is -6.39. The number of H-pyrrole nitrogens is 2. The maximum absolute atomic E-state index is 3.56. The van der Waals surface area contributed by atoms with Crippen LogP contribution in [0.2, 0.25) is 0 Å². The van der Waals surface area contributed by atoms with Crippen molar-refractivity contribution >= 4 is 0 Å². The molecule has 2 heterocycles. The van der Waals surface area contributed by atoms with Crippen molar-refractivity contribution in [2.45, 2.75) is 0 Å². The van der Waals surface area contributed by atoms with Gasteiger partial charge in [-0.15, -0.1) is 0 Å². The molecular weight excluding hydrogens is 304 g/mol. The SMILES string of the molecule is [Cl-].[Cl-].[Ru+3].c1nc[nH]n1.c1nc[nH]n1. The van der Waals surface area contributed by atoms with Crippen molar-refractivity contribution in [1.82, 2.24) is 30.4 Å². The monoisotopic (exact) mass is 310 g/mol. The molecule has 0 bridgehead atoms. The summed E-state index contributed by atoms with van der Waals surface area (Å²) >= 11 is 0. The molecule has 0 aliphatic rings. The number of hydrogen-bond donors (Lipinski definition) is 2. The number of nitrogens with one attached hydrogen (secondary N) is 2. The number of rotatable bonds is 0. The van der Waals surface area contributed by atoms with Crippen molar-refractivity contribution in [2.24, 2.45) is 0 Å². The van der Waals surface area contributed by atoms with Crippen molar-refractivity contribution in [3.05, 3.63) is 25.3 Å². The zero-order valence-corrected chi connectivity index (χ0v) is 9.46. The van der Waals surface area contributed by atoms with Crippen LogP contribution in [0.4, 0.5) is 0 Å². The van der Waals surface area contributed by atoms with Crippen molar-refractivity contribution in [3.8, 4) is 0 Å². The Morgan fingerprint density at radius 1 is 0.769 bits per heavy atom. The molecule has 0 saturated carbocycles. The Kier molecular flexibility index (Phi) is 19.8. The molecule has 0 aromatic carbocycles. The van der Waals surface area contributed by atoms with Crippen LogP contribution >= 0.6 is 0 Å². The summed E-state index contributed by atoms with van der Waals surface area (Å²) < 4.78 is 0. The number of hydrogen-bond acceptors (Lipinski definition) is 4. The van der Waals surface area contributed by atoms with Gasteiger partial charge in [0.15, 0.2) is 0 Å². The van der Waals surface area contributed by atoms with Gasteiger partial charge in [-0.2, -0.15) is 10.2 Å². The second-order valence-electron chi connectivity index (χ2n) is 1.30. The Morgan fingerprint density at radius 3 is 1.23 bits per heavy atom. The largest absolute Gasteiger partial charge is 3.00 e. The third kappa shape index (κ3) is 11.5. The molecule has 73 valence electrons. The molecule has 0 spiro atoms. The minimum Gasteiger partial charge on any atom is -1.00 e. The van der Waals surface area contributed by atoms with Gasteiger partial charge in [0.1, 0.15) is 25.3 Å². The number of nitrogens with zero attached hydrogens (tertiary/aromatic N) is 4. The summed E-state index contributed by atoms with van der Waals surface area (Å²) in [5.41, 5.74) is 0. The topological polar surface area (TPSA) is 83.1 Å². The zero-order chi connectivity index (χ0) is 7.07. The summed E-state index contributed by atoms with van der Waals surface area (Å²) in [7, 11) is 0. The van der Waals surface area contributed by atoms with Crippen LogP contribution in [0.15, 0.2) is 25.3 Å². The second-order valence-corrected chi connectivity index (χ2v) is 1.30. The molecule has 2 aromatic heterocycles. The summed E-state index contributed by atoms with van der Waals surface area (Å²) in [6, 6.07) is 0. The molecule has 9 heteroatoms. The first-order chi connectivity index (χ1) is 5.00. The van der Waals surface area contributed by atoms with Gasteiger partial charge in [0, 0.05) is 0 Å². The van der Waals surface area contributed by atoms with Gasteiger partial charge in [-0.05, 0) is 0 Å². The zero-order valence-electron chi connectivity index (χ0n) is 6.21. The molecule has 0 saturated heterocycles. The van der Waals surface area contributed by atoms with Crippen LogP contribution < -0.4 is 24.8 Å². The number of halogens is 2. The van der Waals surface area contributed by atoms with Gasteiger partial charge in [-0.25, -0.2) is 9.97 Å². The Balaban J connectivity index is -0.000000125. The van der Waals surface area contributed by atoms with E-state index >= 15 is 0 Å². The van der Waals surface area contributed by atoms with E-state index in [0.29, 0.717) is 0 Å². The molecule has 6 nitrogen and oxygen atoms in total. The van der Waals surface area contributed by atoms with Gasteiger partial charge < -0.3 is 24.8 Å². The van der Waals surface area contributed by atoms with E-state index in [4.69, 9.17) is 0 Å². The van der Waals surface area contributed by atoms with Crippen molar-refractivity contribution in [2.75, 3.05) is 0 Å². The van der Waals surface area contributed by atoms with Gasteiger partial charge in [0.25, 0.3) is 0 Å². The van der Waals surface area contributed by atoms with Crippen LogP contribution in [0.5, 0.6) is 0 Å². The van der Waals surface area contributed by atoms with E-state index < -0.39 is 0 Å². The molecule has 0 fully saturated rings. The van der Waals surface area contributed by atoms with E-state index in [1.54, 1.807) is 0 Å². The molecule has 2 N–H and O–H groups in total. The third-order valence-electron chi connectivity index (χ3n) is 0.662. The molecule has 0 aliphatic carbocycles. The Morgan fingerprint density at radius 2 is 1.15 bits per heavy atom. The predicted molar refractivity (Wildman–Crippen MR) is 32.8 cm³/mol. The summed E-state index contributed by atoms with van der Waals surface area (Å²) in [6.07, 6.45) is 5.92. The van der Waals surface area contributed by atoms with Crippen LogP contribution in [-0.2, 0) is 19.5 Å². The fourth-order valence-electron chi connectivity index (χ4n) is 0.333. The third-order valence-corrected chi connectivity index (χ3v) is 0.662. The summed E-state index contributed by atoms with van der Waals surface area (Å²) in [5.74, 6) is 0. The van der Waals surface area contributed by atoms with Crippen LogP contribution in [0, 0.1) is 0 Å². The molecule has 0 amide bonds. The number of aromatic nitrogens is 6. The van der Waals surface area contributed by atoms with Crippen molar-refractivity contribution < 1.29 is 44.3 Å². The van der Waals surface area contributed by atoms with Gasteiger partial charge in [-0.1, -0.05) is 0 Å². The van der Waals surface area contributed by atoms with E-state index in [2.05, 4.69) is 30.4 Å². The van der Waals surface area contributed by atoms with E-state index in [0.717, 1.165) is 0 Å². The normalized spacial score (nSPS) is 6.15. The van der Waals surface area contributed by atoms with E-state index in [9.17, 15) is 0 Å². The molecule has 2 aromatic rings. The Hall–Kier alpha value is -0.517. The Labute approximate surface area is 99.9 Å². The van der Waals surface area contributed by atoms with E-state index in [1.165, 1.54) is 25.3 Å². The van der Waals surface area contributed by atoms with E-state index in [-0.39, 0.29) is 44.3 Å². The van der Waals surface area contributed by atoms with Crippen LogP contribution in [0.3, 0.4) is 0 Å². The molecule has 13 heavy (non-hydrogen) atoms. The average molecular weight is 310 g/mol. The van der Waals surface area contributed by atoms with Gasteiger partial charge in [0.05, 0.1) is 0 Å². The minimum atomic E-state index is 0. The summed E-state index contributed by atoms with van der Waals surface area (Å²) in [5, 5.41) is 12.0. The average Bonchev–Trinajstić information content (AvgIpc) is 2.67. The standard InChI is InChI=1S/2C2H3N3.2ClH.Ru/c2*1-3-2-5-4-1;;;/h2*1-2H,(H,3,4,5);2*1H;/q;;;;+3/p-2. The van der Waals surface area contributed by atoms with Gasteiger partial charge in [0.2, 0.25) is 0 Å². The maximum Gasteiger partial charge on any atom is 3.00 e. The molecule has 0 unspecified atom stereocenters. The van der Waals surface area contributed by atoms with Crippen LogP contribution in [0.1, 0.15) is 0 Å². The minimum absolute atomic E-state index is 0. The molecule has 2 rings (SSSR count). The summed E-state index contributed by atoms with van der Waals surface area (Å²) in [4.78, 5) is 7.11. The first-order valence-electron chi connectivity index (χ1n) is 2.57. The molecule has 0 atom stereocenters. The Bertz CT molecular complexity index is 162. The molecular formula is C4H6Cl2N6Ru+. The first-order valence-corrected chi connectivity index (χ1v) is 2.57. The van der Waals surface area contributed by atoms with Crippen LogP contribution in [0.25, 0.3) is 0 Å². The van der Waals surface area contributed by atoms with Crippen molar-refractivity contribution in [3.63, 3.8) is 0 Å². The van der Waals surface area contributed by atoms with Crippen LogP contribution in [-0.4, -0.2) is 30.4 Å². The van der Waals surface area contributed by atoms with Gasteiger partial charge in [-0.3, -0.25) is 10.2 Å².